The van der Waals surface area contributed by atoms with Gasteiger partial charge in [0.25, 0.3) is 0 Å². The zero-order valence-electron chi connectivity index (χ0n) is 10.4. The third-order valence-electron chi connectivity index (χ3n) is 2.53. The molecule has 18 heavy (non-hydrogen) atoms. The maximum Gasteiger partial charge on any atom is 0.342 e. The largest absolute Gasteiger partial charge is 0.462 e. The Kier molecular flexibility index (Phi) is 3.52. The number of carbonyl (C=O) groups excluding carboxylic acids is 1. The molecule has 2 rings (SSSR count). The van der Waals surface area contributed by atoms with E-state index in [9.17, 15) is 4.79 Å². The van der Waals surface area contributed by atoms with Gasteiger partial charge in [-0.2, -0.15) is 4.98 Å². The molecule has 0 aromatic carbocycles. The fourth-order valence-electron chi connectivity index (χ4n) is 1.72. The van der Waals surface area contributed by atoms with Crippen LogP contribution in [0.5, 0.6) is 0 Å². The van der Waals surface area contributed by atoms with E-state index in [1.165, 1.54) is 0 Å². The quantitative estimate of drug-likeness (QED) is 0.632. The van der Waals surface area contributed by atoms with Crippen molar-refractivity contribution in [3.05, 3.63) is 22.3 Å². The second-order valence-corrected chi connectivity index (χ2v) is 4.08. The molecule has 6 heteroatoms. The summed E-state index contributed by atoms with van der Waals surface area (Å²) in [5.74, 6) is 0.549. The van der Waals surface area contributed by atoms with E-state index < -0.39 is 5.97 Å². The van der Waals surface area contributed by atoms with Crippen LogP contribution in [0.3, 0.4) is 0 Å². The number of aryl methyl sites for hydroxylation is 2. The molecule has 0 fully saturated rings. The number of hydrogen-bond donors (Lipinski definition) is 0. The van der Waals surface area contributed by atoms with Gasteiger partial charge in [0.1, 0.15) is 22.3 Å². The lowest BCUT2D eigenvalue weighted by molar-refractivity contribution is 0.0526. The summed E-state index contributed by atoms with van der Waals surface area (Å²) in [6.45, 7) is 5.62. The highest BCUT2D eigenvalue weighted by Gasteiger charge is 2.23. The summed E-state index contributed by atoms with van der Waals surface area (Å²) in [7, 11) is 0. The van der Waals surface area contributed by atoms with Crippen LogP contribution in [0.4, 0.5) is 0 Å². The number of furan rings is 1. The number of halogens is 1. The first-order valence-corrected chi connectivity index (χ1v) is 6.08. The second kappa shape index (κ2) is 4.94. The molecule has 0 saturated carbocycles. The number of hydrogen-bond acceptors (Lipinski definition) is 5. The molecule has 2 heterocycles. The summed E-state index contributed by atoms with van der Waals surface area (Å²) in [6, 6.07) is 0. The van der Waals surface area contributed by atoms with Gasteiger partial charge in [-0.25, -0.2) is 9.78 Å². The number of nitrogens with zero attached hydrogens (tertiary/aromatic N) is 2. The Hall–Kier alpha value is -1.62. The third-order valence-corrected chi connectivity index (χ3v) is 2.80. The van der Waals surface area contributed by atoms with Crippen LogP contribution in [-0.4, -0.2) is 22.5 Å². The average Bonchev–Trinajstić information content (AvgIpc) is 2.66. The number of aromatic nitrogens is 2. The third kappa shape index (κ3) is 2.06. The van der Waals surface area contributed by atoms with Crippen LogP contribution < -0.4 is 0 Å². The molecule has 2 aromatic heterocycles. The van der Waals surface area contributed by atoms with Gasteiger partial charge in [-0.15, -0.1) is 0 Å². The highest BCUT2D eigenvalue weighted by molar-refractivity contribution is 6.35. The molecule has 0 aliphatic heterocycles. The number of fused-ring (bicyclic) bond motifs is 1. The molecule has 0 saturated heterocycles. The van der Waals surface area contributed by atoms with E-state index in [1.54, 1.807) is 13.8 Å². The Bertz CT molecular complexity index is 607. The first-order chi connectivity index (χ1) is 8.58. The van der Waals surface area contributed by atoms with Gasteiger partial charge in [0.2, 0.25) is 5.71 Å². The molecule has 96 valence electrons. The van der Waals surface area contributed by atoms with Crippen molar-refractivity contribution in [2.45, 2.75) is 27.2 Å². The van der Waals surface area contributed by atoms with E-state index in [1.807, 2.05) is 6.92 Å². The monoisotopic (exact) mass is 268 g/mol. The summed E-state index contributed by atoms with van der Waals surface area (Å²) in [5.41, 5.74) is 0.631. The fraction of sp³-hybridized carbons (Fsp3) is 0.417. The first-order valence-electron chi connectivity index (χ1n) is 5.71. The molecule has 5 nitrogen and oxygen atoms in total. The number of esters is 1. The molecule has 0 amide bonds. The zero-order chi connectivity index (χ0) is 13.3. The Morgan fingerprint density at radius 1 is 1.39 bits per heavy atom. The maximum atomic E-state index is 11.9. The molecule has 0 radical (unpaired) electrons. The van der Waals surface area contributed by atoms with Gasteiger partial charge in [0.05, 0.1) is 12.0 Å². The van der Waals surface area contributed by atoms with Crippen molar-refractivity contribution < 1.29 is 13.9 Å². The van der Waals surface area contributed by atoms with Gasteiger partial charge in [-0.05, 0) is 13.8 Å². The second-order valence-electron chi connectivity index (χ2n) is 3.72. The minimum atomic E-state index is -0.469. The standard InChI is InChI=1S/C12H13ClN2O3/c1-4-7-14-10(13)9-8(12(16)17-5-2)6(3)18-11(9)15-7/h4-5H2,1-3H3. The molecular formula is C12H13ClN2O3. The summed E-state index contributed by atoms with van der Waals surface area (Å²) in [5, 5.41) is 0.640. The highest BCUT2D eigenvalue weighted by Crippen LogP contribution is 2.30. The lowest BCUT2D eigenvalue weighted by atomic mass is 10.2. The van der Waals surface area contributed by atoms with Crippen LogP contribution >= 0.6 is 11.6 Å². The van der Waals surface area contributed by atoms with E-state index in [2.05, 4.69) is 9.97 Å². The number of rotatable bonds is 3. The van der Waals surface area contributed by atoms with Crippen molar-refractivity contribution >= 4 is 28.7 Å². The number of ether oxygens (including phenoxy) is 1. The summed E-state index contributed by atoms with van der Waals surface area (Å²) in [4.78, 5) is 20.2. The lowest BCUT2D eigenvalue weighted by Crippen LogP contribution is -2.06. The van der Waals surface area contributed by atoms with Crippen molar-refractivity contribution in [1.82, 2.24) is 9.97 Å². The molecule has 0 aliphatic carbocycles. The molecule has 0 N–H and O–H groups in total. The maximum absolute atomic E-state index is 11.9. The van der Waals surface area contributed by atoms with Gasteiger partial charge in [-0.1, -0.05) is 18.5 Å². The minimum Gasteiger partial charge on any atom is -0.462 e. The fourth-order valence-corrected chi connectivity index (χ4v) is 1.99. The van der Waals surface area contributed by atoms with E-state index in [4.69, 9.17) is 20.8 Å². The van der Waals surface area contributed by atoms with Crippen LogP contribution in [0.1, 0.15) is 35.8 Å². The van der Waals surface area contributed by atoms with Crippen molar-refractivity contribution in [3.8, 4) is 0 Å². The normalized spacial score (nSPS) is 10.9. The first kappa shape index (κ1) is 12.8. The van der Waals surface area contributed by atoms with Gasteiger partial charge < -0.3 is 9.15 Å². The predicted octanol–water partition coefficient (Wildman–Crippen LogP) is 2.92. The highest BCUT2D eigenvalue weighted by atomic mass is 35.5. The Morgan fingerprint density at radius 3 is 2.72 bits per heavy atom. The molecule has 0 spiro atoms. The minimum absolute atomic E-state index is 0.219. The van der Waals surface area contributed by atoms with E-state index in [-0.39, 0.29) is 11.8 Å². The SMILES string of the molecule is CCOC(=O)c1c(C)oc2nc(CC)nc(Cl)c12. The zero-order valence-corrected chi connectivity index (χ0v) is 11.2. The predicted molar refractivity (Wildman–Crippen MR) is 66.9 cm³/mol. The van der Waals surface area contributed by atoms with Crippen LogP contribution in [0, 0.1) is 6.92 Å². The molecular weight excluding hydrogens is 256 g/mol. The molecule has 0 aliphatic rings. The molecule has 0 atom stereocenters. The smallest absolute Gasteiger partial charge is 0.342 e. The topological polar surface area (TPSA) is 65.2 Å². The van der Waals surface area contributed by atoms with Crippen LogP contribution in [0.2, 0.25) is 5.15 Å². The number of carbonyl (C=O) groups is 1. The summed E-state index contributed by atoms with van der Waals surface area (Å²) < 4.78 is 10.4. The van der Waals surface area contributed by atoms with Crippen LogP contribution in [0.25, 0.3) is 11.1 Å². The van der Waals surface area contributed by atoms with E-state index in [0.29, 0.717) is 34.7 Å². The van der Waals surface area contributed by atoms with Crippen LogP contribution in [-0.2, 0) is 11.2 Å². The van der Waals surface area contributed by atoms with Crippen molar-refractivity contribution in [1.29, 1.82) is 0 Å². The average molecular weight is 269 g/mol. The van der Waals surface area contributed by atoms with Gasteiger partial charge in [0, 0.05) is 6.42 Å². The van der Waals surface area contributed by atoms with Crippen molar-refractivity contribution in [2.75, 3.05) is 6.61 Å². The molecule has 0 bridgehead atoms. The Labute approximate surface area is 109 Å². The summed E-state index contributed by atoms with van der Waals surface area (Å²) >= 11 is 6.08. The lowest BCUT2D eigenvalue weighted by Gasteiger charge is -2.01. The van der Waals surface area contributed by atoms with Gasteiger partial charge in [0.15, 0.2) is 0 Å². The molecule has 2 aromatic rings. The van der Waals surface area contributed by atoms with Crippen molar-refractivity contribution in [3.63, 3.8) is 0 Å². The van der Waals surface area contributed by atoms with E-state index in [0.717, 1.165) is 0 Å². The van der Waals surface area contributed by atoms with Gasteiger partial charge in [-0.3, -0.25) is 0 Å². The van der Waals surface area contributed by atoms with Crippen molar-refractivity contribution in [2.24, 2.45) is 0 Å². The molecule has 0 unspecified atom stereocenters. The van der Waals surface area contributed by atoms with E-state index >= 15 is 0 Å². The Morgan fingerprint density at radius 2 is 2.11 bits per heavy atom. The van der Waals surface area contributed by atoms with Gasteiger partial charge >= 0.3 is 5.97 Å². The van der Waals surface area contributed by atoms with Crippen LogP contribution in [0.15, 0.2) is 4.42 Å². The Balaban J connectivity index is 2.67. The summed E-state index contributed by atoms with van der Waals surface area (Å²) in [6.07, 6.45) is 0.643.